The number of fused-ring (bicyclic) bond motifs is 1. The molecule has 0 saturated carbocycles. The molecule has 5 N–H and O–H groups in total. The number of rotatable bonds is 3. The summed E-state index contributed by atoms with van der Waals surface area (Å²) < 4.78 is 0. The summed E-state index contributed by atoms with van der Waals surface area (Å²) in [6.45, 7) is 3.66. The Kier molecular flexibility index (Phi) is 3.16. The number of amides is 1. The van der Waals surface area contributed by atoms with Crippen molar-refractivity contribution in [1.29, 1.82) is 10.7 Å². The van der Waals surface area contributed by atoms with Crippen molar-refractivity contribution in [3.8, 4) is 6.07 Å². The molecule has 20 heavy (non-hydrogen) atoms. The van der Waals surface area contributed by atoms with E-state index >= 15 is 0 Å². The van der Waals surface area contributed by atoms with E-state index in [1.54, 1.807) is 24.3 Å². The highest BCUT2D eigenvalue weighted by atomic mass is 16.2. The first kappa shape index (κ1) is 13.5. The summed E-state index contributed by atoms with van der Waals surface area (Å²) in [4.78, 5) is 11.8. The van der Waals surface area contributed by atoms with Gasteiger partial charge in [0.1, 0.15) is 6.07 Å². The van der Waals surface area contributed by atoms with Crippen molar-refractivity contribution in [3.05, 3.63) is 23.8 Å². The predicted molar refractivity (Wildman–Crippen MR) is 76.7 cm³/mol. The molecule has 0 aromatic heterocycles. The van der Waals surface area contributed by atoms with Crippen LogP contribution < -0.4 is 16.5 Å². The molecule has 1 amide bonds. The smallest absolute Gasteiger partial charge is 0.234 e. The van der Waals surface area contributed by atoms with Gasteiger partial charge < -0.3 is 11.1 Å². The molecule has 0 aliphatic carbocycles. The zero-order chi connectivity index (χ0) is 14.9. The molecule has 1 aliphatic heterocycles. The number of nitrogens with one attached hydrogen (secondary N) is 3. The second-order valence-corrected chi connectivity index (χ2v) is 4.94. The molecule has 2 rings (SSSR count). The average Bonchev–Trinajstić information content (AvgIpc) is 2.61. The standard InChI is InChI=1S/C13H14N6O/c1-13(2)8-5-7(3-4-9(8)17-12(13)20)18-19-10(6-14)11(15)16/h3-5,18H,1-2H3,(H3,15,16)(H,17,20)/b19-10+. The Bertz CT molecular complexity index is 668. The number of hydrogen-bond acceptors (Lipinski definition) is 5. The first-order chi connectivity index (χ1) is 9.36. The maximum absolute atomic E-state index is 11.8. The van der Waals surface area contributed by atoms with Gasteiger partial charge in [0.15, 0.2) is 5.84 Å². The topological polar surface area (TPSA) is 127 Å². The molecule has 7 heteroatoms. The third-order valence-electron chi connectivity index (χ3n) is 3.17. The van der Waals surface area contributed by atoms with E-state index in [1.807, 2.05) is 13.8 Å². The van der Waals surface area contributed by atoms with Crippen molar-refractivity contribution in [2.45, 2.75) is 19.3 Å². The van der Waals surface area contributed by atoms with Gasteiger partial charge in [-0.2, -0.15) is 10.4 Å². The first-order valence-corrected chi connectivity index (χ1v) is 5.90. The summed E-state index contributed by atoms with van der Waals surface area (Å²) in [6.07, 6.45) is 0. The first-order valence-electron chi connectivity index (χ1n) is 5.90. The number of carbonyl (C=O) groups excluding carboxylic acids is 1. The Morgan fingerprint density at radius 2 is 2.25 bits per heavy atom. The second kappa shape index (κ2) is 4.66. The molecule has 1 aromatic carbocycles. The molecule has 0 radical (unpaired) electrons. The van der Waals surface area contributed by atoms with Crippen LogP contribution in [0, 0.1) is 16.7 Å². The van der Waals surface area contributed by atoms with E-state index < -0.39 is 11.3 Å². The van der Waals surface area contributed by atoms with Gasteiger partial charge in [-0.15, -0.1) is 0 Å². The summed E-state index contributed by atoms with van der Waals surface area (Å²) >= 11 is 0. The molecule has 1 aromatic rings. The molecule has 0 unspecified atom stereocenters. The lowest BCUT2D eigenvalue weighted by atomic mass is 9.86. The summed E-state index contributed by atoms with van der Waals surface area (Å²) in [5, 5.41) is 22.5. The van der Waals surface area contributed by atoms with Crippen molar-refractivity contribution in [1.82, 2.24) is 0 Å². The highest BCUT2D eigenvalue weighted by Gasteiger charge is 2.38. The van der Waals surface area contributed by atoms with Crippen molar-refractivity contribution >= 4 is 28.8 Å². The average molecular weight is 270 g/mol. The summed E-state index contributed by atoms with van der Waals surface area (Å²) in [5.74, 6) is -0.465. The fourth-order valence-corrected chi connectivity index (χ4v) is 1.91. The van der Waals surface area contributed by atoms with E-state index in [0.717, 1.165) is 11.3 Å². The summed E-state index contributed by atoms with van der Waals surface area (Å²) in [7, 11) is 0. The van der Waals surface area contributed by atoms with Crippen LogP contribution in [0.15, 0.2) is 23.3 Å². The van der Waals surface area contributed by atoms with Gasteiger partial charge in [0.2, 0.25) is 11.6 Å². The molecule has 0 saturated heterocycles. The number of nitriles is 1. The largest absolute Gasteiger partial charge is 0.382 e. The number of hydrazone groups is 1. The SMILES string of the molecule is CC1(C)C(=O)Nc2ccc(N/N=C(\C#N)C(=N)N)cc21. The number of benzene rings is 1. The monoisotopic (exact) mass is 270 g/mol. The fraction of sp³-hybridized carbons (Fsp3) is 0.231. The van der Waals surface area contributed by atoms with Gasteiger partial charge in [-0.1, -0.05) is 0 Å². The van der Waals surface area contributed by atoms with Gasteiger partial charge in [-0.05, 0) is 37.6 Å². The van der Waals surface area contributed by atoms with E-state index in [0.29, 0.717) is 5.69 Å². The molecule has 1 heterocycles. The van der Waals surface area contributed by atoms with Crippen LogP contribution in [0.1, 0.15) is 19.4 Å². The van der Waals surface area contributed by atoms with E-state index in [9.17, 15) is 4.79 Å². The molecule has 1 aliphatic rings. The van der Waals surface area contributed by atoms with Gasteiger partial charge in [0.25, 0.3) is 0 Å². The van der Waals surface area contributed by atoms with Gasteiger partial charge in [-0.3, -0.25) is 15.6 Å². The number of anilines is 2. The maximum Gasteiger partial charge on any atom is 0.234 e. The normalized spacial score (nSPS) is 16.1. The summed E-state index contributed by atoms with van der Waals surface area (Å²) in [6, 6.07) is 6.99. The van der Waals surface area contributed by atoms with Gasteiger partial charge >= 0.3 is 0 Å². The van der Waals surface area contributed by atoms with Crippen LogP contribution in [0.25, 0.3) is 0 Å². The van der Waals surface area contributed by atoms with Crippen LogP contribution >= 0.6 is 0 Å². The minimum atomic E-state index is -0.616. The van der Waals surface area contributed by atoms with Crippen LogP contribution in [0.3, 0.4) is 0 Å². The Morgan fingerprint density at radius 3 is 2.85 bits per heavy atom. The number of nitrogens with zero attached hydrogens (tertiary/aromatic N) is 2. The van der Waals surface area contributed by atoms with Crippen LogP contribution in [0.2, 0.25) is 0 Å². The Balaban J connectivity index is 2.31. The Hall–Kier alpha value is -2.88. The Morgan fingerprint density at radius 1 is 1.55 bits per heavy atom. The maximum atomic E-state index is 11.8. The van der Waals surface area contributed by atoms with Gasteiger partial charge in [0, 0.05) is 5.69 Å². The lowest BCUT2D eigenvalue weighted by Crippen LogP contribution is -2.26. The number of carbonyl (C=O) groups is 1. The van der Waals surface area contributed by atoms with Crippen molar-refractivity contribution in [2.75, 3.05) is 10.7 Å². The number of nitrogens with two attached hydrogens (primary N) is 1. The molecular weight excluding hydrogens is 256 g/mol. The highest BCUT2D eigenvalue weighted by Crippen LogP contribution is 2.38. The number of hydrogen-bond donors (Lipinski definition) is 4. The van der Waals surface area contributed by atoms with Crippen molar-refractivity contribution < 1.29 is 4.79 Å². The van der Waals surface area contributed by atoms with E-state index in [2.05, 4.69) is 15.8 Å². The molecule has 7 nitrogen and oxygen atoms in total. The zero-order valence-corrected chi connectivity index (χ0v) is 11.1. The molecule has 0 bridgehead atoms. The van der Waals surface area contributed by atoms with E-state index in [1.165, 1.54) is 0 Å². The van der Waals surface area contributed by atoms with Crippen LogP contribution in [0.5, 0.6) is 0 Å². The Labute approximate surface area is 116 Å². The van der Waals surface area contributed by atoms with Gasteiger partial charge in [-0.25, -0.2) is 0 Å². The quantitative estimate of drug-likeness (QED) is 0.373. The highest BCUT2D eigenvalue weighted by molar-refractivity contribution is 6.45. The molecule has 102 valence electrons. The second-order valence-electron chi connectivity index (χ2n) is 4.94. The van der Waals surface area contributed by atoms with Crippen LogP contribution in [0.4, 0.5) is 11.4 Å². The van der Waals surface area contributed by atoms with Crippen LogP contribution in [-0.4, -0.2) is 17.5 Å². The lowest BCUT2D eigenvalue weighted by Gasteiger charge is -2.15. The van der Waals surface area contributed by atoms with Crippen molar-refractivity contribution in [2.24, 2.45) is 10.8 Å². The molecule has 0 fully saturated rings. The number of amidine groups is 1. The zero-order valence-electron chi connectivity index (χ0n) is 11.1. The fourth-order valence-electron chi connectivity index (χ4n) is 1.91. The minimum Gasteiger partial charge on any atom is -0.382 e. The predicted octanol–water partition coefficient (Wildman–Crippen LogP) is 1.14. The van der Waals surface area contributed by atoms with Crippen molar-refractivity contribution in [3.63, 3.8) is 0 Å². The molecule has 0 atom stereocenters. The third kappa shape index (κ3) is 2.19. The minimum absolute atomic E-state index is 0.0606. The van der Waals surface area contributed by atoms with E-state index in [-0.39, 0.29) is 11.6 Å². The lowest BCUT2D eigenvalue weighted by molar-refractivity contribution is -0.119. The molecular formula is C13H14N6O. The summed E-state index contributed by atoms with van der Waals surface area (Å²) in [5.41, 5.74) is 9.28. The van der Waals surface area contributed by atoms with E-state index in [4.69, 9.17) is 16.4 Å². The molecule has 0 spiro atoms. The van der Waals surface area contributed by atoms with Gasteiger partial charge in [0.05, 0.1) is 11.1 Å². The van der Waals surface area contributed by atoms with Crippen LogP contribution in [-0.2, 0) is 10.2 Å². The third-order valence-corrected chi connectivity index (χ3v) is 3.17.